The molecule has 0 saturated heterocycles. The van der Waals surface area contributed by atoms with Crippen LogP contribution in [0.5, 0.6) is 5.75 Å². The number of hydrogen-bond acceptors (Lipinski definition) is 3. The molecule has 1 heterocycles. The number of nitrogens with one attached hydrogen (secondary N) is 1. The van der Waals surface area contributed by atoms with Crippen LogP contribution in [0, 0.1) is 6.61 Å². The second-order valence-corrected chi connectivity index (χ2v) is 3.21. The molecule has 1 aliphatic heterocycles. The van der Waals surface area contributed by atoms with Crippen molar-refractivity contribution in [2.45, 2.75) is 19.4 Å². The molecule has 0 aliphatic carbocycles. The van der Waals surface area contributed by atoms with Crippen LogP contribution in [-0.2, 0) is 4.89 Å². The topological polar surface area (TPSA) is 30.5 Å². The summed E-state index contributed by atoms with van der Waals surface area (Å²) in [4.78, 5) is 9.78. The van der Waals surface area contributed by atoms with Crippen molar-refractivity contribution in [2.75, 3.05) is 6.54 Å². The zero-order chi connectivity index (χ0) is 9.80. The number of fused-ring (bicyclic) bond motifs is 1. The zero-order valence-electron chi connectivity index (χ0n) is 8.12. The van der Waals surface area contributed by atoms with Gasteiger partial charge in [0.25, 0.3) is 0 Å². The molecule has 1 aromatic carbocycles. The van der Waals surface area contributed by atoms with Crippen molar-refractivity contribution in [3.05, 3.63) is 36.4 Å². The fourth-order valence-corrected chi connectivity index (χ4v) is 1.42. The van der Waals surface area contributed by atoms with Crippen LogP contribution >= 0.6 is 0 Å². The van der Waals surface area contributed by atoms with Gasteiger partial charge in [-0.15, -0.1) is 0 Å². The van der Waals surface area contributed by atoms with Gasteiger partial charge in [0.1, 0.15) is 0 Å². The van der Waals surface area contributed by atoms with E-state index in [1.54, 1.807) is 0 Å². The Morgan fingerprint density at radius 1 is 1.43 bits per heavy atom. The second-order valence-electron chi connectivity index (χ2n) is 3.21. The fraction of sp³-hybridized carbons (Fsp3) is 0.364. The Hall–Kier alpha value is -1.06. The van der Waals surface area contributed by atoms with Crippen LogP contribution in [0.15, 0.2) is 24.3 Å². The SMILES string of the molecule is CCCNC1[C]OOc2ccccc21. The first-order chi connectivity index (χ1) is 6.92. The molecule has 1 N–H and O–H groups in total. The van der Waals surface area contributed by atoms with Crippen molar-refractivity contribution in [1.29, 1.82) is 0 Å². The second kappa shape index (κ2) is 4.44. The summed E-state index contributed by atoms with van der Waals surface area (Å²) >= 11 is 0. The first-order valence-electron chi connectivity index (χ1n) is 4.83. The lowest BCUT2D eigenvalue weighted by atomic mass is 10.1. The third kappa shape index (κ3) is 1.89. The molecule has 0 saturated carbocycles. The van der Waals surface area contributed by atoms with Crippen molar-refractivity contribution in [3.63, 3.8) is 0 Å². The first-order valence-corrected chi connectivity index (χ1v) is 4.83. The predicted molar refractivity (Wildman–Crippen MR) is 52.4 cm³/mol. The molecule has 74 valence electrons. The van der Waals surface area contributed by atoms with Crippen LogP contribution in [0.1, 0.15) is 24.9 Å². The van der Waals surface area contributed by atoms with E-state index in [2.05, 4.69) is 18.8 Å². The maximum Gasteiger partial charge on any atom is 0.210 e. The molecule has 0 spiro atoms. The molecule has 1 atom stereocenters. The summed E-state index contributed by atoms with van der Waals surface area (Å²) in [7, 11) is 0. The summed E-state index contributed by atoms with van der Waals surface area (Å²) in [5, 5.41) is 3.31. The van der Waals surface area contributed by atoms with Crippen LogP contribution in [0.2, 0.25) is 0 Å². The van der Waals surface area contributed by atoms with Crippen LogP contribution in [0.3, 0.4) is 0 Å². The lowest BCUT2D eigenvalue weighted by molar-refractivity contribution is -0.190. The summed E-state index contributed by atoms with van der Waals surface area (Å²) in [6, 6.07) is 7.81. The number of hydrogen-bond donors (Lipinski definition) is 1. The molecular formula is C11H13NO2. The van der Waals surface area contributed by atoms with Crippen LogP contribution in [0.4, 0.5) is 0 Å². The molecule has 0 fully saturated rings. The predicted octanol–water partition coefficient (Wildman–Crippen LogP) is 2.09. The molecule has 2 radical (unpaired) electrons. The van der Waals surface area contributed by atoms with Gasteiger partial charge >= 0.3 is 0 Å². The average molecular weight is 191 g/mol. The van der Waals surface area contributed by atoms with Crippen molar-refractivity contribution >= 4 is 0 Å². The van der Waals surface area contributed by atoms with Crippen LogP contribution in [0.25, 0.3) is 0 Å². The molecule has 1 aliphatic rings. The standard InChI is InChI=1S/C11H13NO2/c1-2-7-12-10-8-13-14-11-6-4-3-5-9(10)11/h3-6,10,12H,2,7H2,1H3. The normalized spacial score (nSPS) is 19.9. The minimum atomic E-state index is 0.0138. The Morgan fingerprint density at radius 3 is 3.14 bits per heavy atom. The summed E-state index contributed by atoms with van der Waals surface area (Å²) in [6.45, 7) is 5.84. The minimum Gasteiger partial charge on any atom is -0.336 e. The smallest absolute Gasteiger partial charge is 0.210 e. The van der Waals surface area contributed by atoms with Crippen molar-refractivity contribution < 1.29 is 9.78 Å². The molecule has 0 bridgehead atoms. The van der Waals surface area contributed by atoms with E-state index in [-0.39, 0.29) is 6.04 Å². The molecule has 3 heteroatoms. The van der Waals surface area contributed by atoms with Gasteiger partial charge in [0.05, 0.1) is 6.04 Å². The lowest BCUT2D eigenvalue weighted by Crippen LogP contribution is -2.27. The molecule has 1 aromatic rings. The Bertz CT molecular complexity index is 301. The minimum absolute atomic E-state index is 0.0138. The largest absolute Gasteiger partial charge is 0.336 e. The van der Waals surface area contributed by atoms with E-state index in [1.807, 2.05) is 24.3 Å². The highest BCUT2D eigenvalue weighted by Crippen LogP contribution is 2.31. The van der Waals surface area contributed by atoms with Crippen molar-refractivity contribution in [2.24, 2.45) is 0 Å². The molecule has 0 amide bonds. The van der Waals surface area contributed by atoms with Crippen molar-refractivity contribution in [3.8, 4) is 5.75 Å². The number of rotatable bonds is 3. The monoisotopic (exact) mass is 191 g/mol. The average Bonchev–Trinajstić information content (AvgIpc) is 2.26. The first kappa shape index (κ1) is 9.49. The van der Waals surface area contributed by atoms with E-state index >= 15 is 0 Å². The number of para-hydroxylation sites is 1. The summed E-state index contributed by atoms with van der Waals surface area (Å²) in [5.74, 6) is 0.764. The highest BCUT2D eigenvalue weighted by Gasteiger charge is 2.22. The Kier molecular flexibility index (Phi) is 3.01. The Labute approximate surface area is 84.0 Å². The maximum atomic E-state index is 4.98. The van der Waals surface area contributed by atoms with Crippen LogP contribution < -0.4 is 10.2 Å². The van der Waals surface area contributed by atoms with E-state index in [1.165, 1.54) is 0 Å². The van der Waals surface area contributed by atoms with E-state index in [4.69, 9.17) is 9.78 Å². The molecule has 2 rings (SSSR count). The fourth-order valence-electron chi connectivity index (χ4n) is 1.42. The number of benzene rings is 1. The molecular weight excluding hydrogens is 178 g/mol. The van der Waals surface area contributed by atoms with Gasteiger partial charge < -0.3 is 10.2 Å². The van der Waals surface area contributed by atoms with E-state index in [0.29, 0.717) is 0 Å². The highest BCUT2D eigenvalue weighted by atomic mass is 17.2. The lowest BCUT2D eigenvalue weighted by Gasteiger charge is -2.23. The third-order valence-corrected chi connectivity index (χ3v) is 2.13. The van der Waals surface area contributed by atoms with Gasteiger partial charge in [-0.3, -0.25) is 0 Å². The van der Waals surface area contributed by atoms with Gasteiger partial charge in [-0.25, -0.2) is 0 Å². The zero-order valence-corrected chi connectivity index (χ0v) is 8.12. The highest BCUT2D eigenvalue weighted by molar-refractivity contribution is 5.37. The summed E-state index contributed by atoms with van der Waals surface area (Å²) in [5.41, 5.74) is 1.08. The van der Waals surface area contributed by atoms with E-state index < -0.39 is 0 Å². The summed E-state index contributed by atoms with van der Waals surface area (Å²) in [6.07, 6.45) is 1.08. The van der Waals surface area contributed by atoms with Gasteiger partial charge in [-0.1, -0.05) is 25.1 Å². The molecule has 14 heavy (non-hydrogen) atoms. The maximum absolute atomic E-state index is 4.98. The third-order valence-electron chi connectivity index (χ3n) is 2.13. The Morgan fingerprint density at radius 2 is 2.29 bits per heavy atom. The van der Waals surface area contributed by atoms with Gasteiger partial charge in [-0.2, -0.15) is 4.89 Å². The molecule has 1 unspecified atom stereocenters. The van der Waals surface area contributed by atoms with Gasteiger partial charge in [0, 0.05) is 5.56 Å². The van der Waals surface area contributed by atoms with Crippen molar-refractivity contribution in [1.82, 2.24) is 5.32 Å². The van der Waals surface area contributed by atoms with Gasteiger partial charge in [-0.05, 0) is 19.0 Å². The quantitative estimate of drug-likeness (QED) is 0.742. The molecule has 3 nitrogen and oxygen atoms in total. The van der Waals surface area contributed by atoms with Crippen LogP contribution in [-0.4, -0.2) is 6.54 Å². The van der Waals surface area contributed by atoms with Gasteiger partial charge in [0.2, 0.25) is 6.61 Å². The van der Waals surface area contributed by atoms with E-state index in [0.717, 1.165) is 24.3 Å². The molecule has 0 aromatic heterocycles. The summed E-state index contributed by atoms with van der Waals surface area (Å²) < 4.78 is 0. The van der Waals surface area contributed by atoms with Gasteiger partial charge in [0.15, 0.2) is 5.75 Å². The van der Waals surface area contributed by atoms with E-state index in [9.17, 15) is 0 Å². The Balaban J connectivity index is 2.14.